The summed E-state index contributed by atoms with van der Waals surface area (Å²) in [6, 6.07) is 3.22. The van der Waals surface area contributed by atoms with Gasteiger partial charge in [0.2, 0.25) is 5.91 Å². The lowest BCUT2D eigenvalue weighted by molar-refractivity contribution is -0.117. The quantitative estimate of drug-likeness (QED) is 0.792. The van der Waals surface area contributed by atoms with Gasteiger partial charge in [0, 0.05) is 5.02 Å². The molecule has 0 aromatic heterocycles. The standard InChI is InChI=1S/C9H10ClFN2O/c1-5(12)9(14)13-8-4-6(10)2-3-7(8)11/h2-5H,12H2,1H3,(H,13,14)/t5-/m0/s1. The first-order valence-corrected chi connectivity index (χ1v) is 4.40. The number of hydrogen-bond acceptors (Lipinski definition) is 2. The van der Waals surface area contributed by atoms with Gasteiger partial charge in [0.15, 0.2) is 0 Å². The maximum absolute atomic E-state index is 13.1. The molecule has 0 saturated carbocycles. The van der Waals surface area contributed by atoms with E-state index in [9.17, 15) is 9.18 Å². The van der Waals surface area contributed by atoms with Gasteiger partial charge < -0.3 is 11.1 Å². The summed E-state index contributed by atoms with van der Waals surface area (Å²) in [5.41, 5.74) is 5.35. The van der Waals surface area contributed by atoms with Crippen molar-refractivity contribution in [3.8, 4) is 0 Å². The molecule has 0 radical (unpaired) electrons. The number of nitrogens with two attached hydrogens (primary N) is 1. The van der Waals surface area contributed by atoms with Crippen molar-refractivity contribution in [3.05, 3.63) is 29.0 Å². The molecular weight excluding hydrogens is 207 g/mol. The Kier molecular flexibility index (Phi) is 3.43. The van der Waals surface area contributed by atoms with Gasteiger partial charge in [-0.1, -0.05) is 11.6 Å². The predicted molar refractivity (Wildman–Crippen MR) is 53.7 cm³/mol. The monoisotopic (exact) mass is 216 g/mol. The summed E-state index contributed by atoms with van der Waals surface area (Å²) in [5, 5.41) is 2.68. The van der Waals surface area contributed by atoms with Crippen LogP contribution in [0.25, 0.3) is 0 Å². The minimum Gasteiger partial charge on any atom is -0.322 e. The third-order valence-electron chi connectivity index (χ3n) is 1.60. The lowest BCUT2D eigenvalue weighted by Crippen LogP contribution is -2.32. The van der Waals surface area contributed by atoms with Gasteiger partial charge >= 0.3 is 0 Å². The number of amides is 1. The van der Waals surface area contributed by atoms with Crippen molar-refractivity contribution < 1.29 is 9.18 Å². The summed E-state index contributed by atoms with van der Waals surface area (Å²) in [5.74, 6) is -0.991. The van der Waals surface area contributed by atoms with Crippen LogP contribution >= 0.6 is 11.6 Å². The van der Waals surface area contributed by atoms with Gasteiger partial charge in [0.05, 0.1) is 11.7 Å². The fourth-order valence-electron chi connectivity index (χ4n) is 0.840. The number of benzene rings is 1. The lowest BCUT2D eigenvalue weighted by atomic mass is 10.2. The zero-order valence-corrected chi connectivity index (χ0v) is 8.31. The van der Waals surface area contributed by atoms with Crippen LogP contribution in [-0.2, 0) is 4.79 Å². The van der Waals surface area contributed by atoms with Gasteiger partial charge in [-0.05, 0) is 25.1 Å². The fraction of sp³-hybridized carbons (Fsp3) is 0.222. The van der Waals surface area contributed by atoms with E-state index in [-0.39, 0.29) is 5.69 Å². The van der Waals surface area contributed by atoms with Crippen LogP contribution in [0.1, 0.15) is 6.92 Å². The molecule has 0 aliphatic rings. The van der Waals surface area contributed by atoms with Crippen LogP contribution in [0.5, 0.6) is 0 Å². The molecule has 1 atom stereocenters. The molecule has 1 rings (SSSR count). The van der Waals surface area contributed by atoms with Crippen molar-refractivity contribution in [2.75, 3.05) is 5.32 Å². The average molecular weight is 217 g/mol. The molecule has 1 aromatic rings. The molecule has 0 heterocycles. The molecule has 3 N–H and O–H groups in total. The minimum absolute atomic E-state index is 0.0415. The lowest BCUT2D eigenvalue weighted by Gasteiger charge is -2.08. The fourth-order valence-corrected chi connectivity index (χ4v) is 1.01. The molecule has 1 aromatic carbocycles. The van der Waals surface area contributed by atoms with E-state index >= 15 is 0 Å². The van der Waals surface area contributed by atoms with E-state index in [0.717, 1.165) is 0 Å². The topological polar surface area (TPSA) is 55.1 Å². The molecule has 0 spiro atoms. The van der Waals surface area contributed by atoms with Crippen molar-refractivity contribution in [2.45, 2.75) is 13.0 Å². The van der Waals surface area contributed by atoms with E-state index in [0.29, 0.717) is 5.02 Å². The van der Waals surface area contributed by atoms with E-state index in [1.165, 1.54) is 25.1 Å². The zero-order chi connectivity index (χ0) is 10.7. The molecule has 76 valence electrons. The van der Waals surface area contributed by atoms with Gasteiger partial charge in [0.1, 0.15) is 5.82 Å². The smallest absolute Gasteiger partial charge is 0.241 e. The van der Waals surface area contributed by atoms with Gasteiger partial charge in [-0.15, -0.1) is 0 Å². The van der Waals surface area contributed by atoms with Crippen LogP contribution in [0, 0.1) is 5.82 Å². The highest BCUT2D eigenvalue weighted by Crippen LogP contribution is 2.19. The van der Waals surface area contributed by atoms with E-state index in [1.54, 1.807) is 0 Å². The maximum atomic E-state index is 13.1. The van der Waals surface area contributed by atoms with Crippen LogP contribution in [0.4, 0.5) is 10.1 Å². The first-order valence-electron chi connectivity index (χ1n) is 4.02. The highest BCUT2D eigenvalue weighted by molar-refractivity contribution is 6.30. The molecule has 0 unspecified atom stereocenters. The molecule has 0 bridgehead atoms. The van der Waals surface area contributed by atoms with Crippen LogP contribution in [0.15, 0.2) is 18.2 Å². The molecule has 14 heavy (non-hydrogen) atoms. The van der Waals surface area contributed by atoms with Crippen molar-refractivity contribution in [1.82, 2.24) is 0 Å². The Balaban J connectivity index is 2.86. The number of rotatable bonds is 2. The summed E-state index contributed by atoms with van der Waals surface area (Å²) in [7, 11) is 0. The Labute approximate surface area is 86.0 Å². The Hall–Kier alpha value is -1.13. The molecule has 1 amide bonds. The van der Waals surface area contributed by atoms with E-state index in [4.69, 9.17) is 17.3 Å². The number of carbonyl (C=O) groups is 1. The first kappa shape index (κ1) is 10.9. The van der Waals surface area contributed by atoms with Gasteiger partial charge in [-0.3, -0.25) is 4.79 Å². The number of nitrogens with one attached hydrogen (secondary N) is 1. The van der Waals surface area contributed by atoms with E-state index < -0.39 is 17.8 Å². The number of halogens is 2. The van der Waals surface area contributed by atoms with Gasteiger partial charge in [0.25, 0.3) is 0 Å². The van der Waals surface area contributed by atoms with Crippen molar-refractivity contribution >= 4 is 23.2 Å². The van der Waals surface area contributed by atoms with Crippen molar-refractivity contribution in [2.24, 2.45) is 5.73 Å². The summed E-state index contributed by atoms with van der Waals surface area (Å²) in [4.78, 5) is 11.1. The molecule has 0 aliphatic heterocycles. The van der Waals surface area contributed by atoms with Gasteiger partial charge in [-0.2, -0.15) is 0 Å². The Morgan fingerprint density at radius 2 is 2.29 bits per heavy atom. The second kappa shape index (κ2) is 4.39. The van der Waals surface area contributed by atoms with Crippen LogP contribution < -0.4 is 11.1 Å². The highest BCUT2D eigenvalue weighted by atomic mass is 35.5. The zero-order valence-electron chi connectivity index (χ0n) is 7.55. The summed E-state index contributed by atoms with van der Waals surface area (Å²) in [6.45, 7) is 1.51. The molecule has 3 nitrogen and oxygen atoms in total. The molecule has 0 saturated heterocycles. The van der Waals surface area contributed by atoms with Crippen molar-refractivity contribution in [1.29, 1.82) is 0 Å². The van der Waals surface area contributed by atoms with Crippen LogP contribution in [-0.4, -0.2) is 11.9 Å². The number of hydrogen-bond donors (Lipinski definition) is 2. The molecule has 5 heteroatoms. The summed E-state index contributed by atoms with van der Waals surface area (Å²) in [6.07, 6.45) is 0. The predicted octanol–water partition coefficient (Wildman–Crippen LogP) is 1.76. The third kappa shape index (κ3) is 2.68. The van der Waals surface area contributed by atoms with Crippen LogP contribution in [0.3, 0.4) is 0 Å². The van der Waals surface area contributed by atoms with Crippen LogP contribution in [0.2, 0.25) is 5.02 Å². The Morgan fingerprint density at radius 3 is 2.86 bits per heavy atom. The Morgan fingerprint density at radius 1 is 1.64 bits per heavy atom. The minimum atomic E-state index is -0.687. The molecule has 0 fully saturated rings. The second-order valence-electron chi connectivity index (χ2n) is 2.90. The highest BCUT2D eigenvalue weighted by Gasteiger charge is 2.10. The van der Waals surface area contributed by atoms with Gasteiger partial charge in [-0.25, -0.2) is 4.39 Å². The van der Waals surface area contributed by atoms with E-state index in [1.807, 2.05) is 0 Å². The largest absolute Gasteiger partial charge is 0.322 e. The maximum Gasteiger partial charge on any atom is 0.241 e. The first-order chi connectivity index (χ1) is 6.50. The third-order valence-corrected chi connectivity index (χ3v) is 1.83. The normalized spacial score (nSPS) is 12.3. The number of carbonyl (C=O) groups excluding carboxylic acids is 1. The summed E-state index contributed by atoms with van der Waals surface area (Å²) >= 11 is 5.63. The SMILES string of the molecule is C[C@H](N)C(=O)Nc1cc(Cl)ccc1F. The summed E-state index contributed by atoms with van der Waals surface area (Å²) < 4.78 is 13.1. The number of anilines is 1. The molecule has 0 aliphatic carbocycles. The second-order valence-corrected chi connectivity index (χ2v) is 3.34. The Bertz CT molecular complexity index is 355. The average Bonchev–Trinajstić information content (AvgIpc) is 2.11. The van der Waals surface area contributed by atoms with E-state index in [2.05, 4.69) is 5.32 Å². The molecular formula is C9H10ClFN2O. The van der Waals surface area contributed by atoms with Crippen molar-refractivity contribution in [3.63, 3.8) is 0 Å².